The number of alkyl halides is 3. The molecule has 0 amide bonds. The minimum absolute atomic E-state index is 0.0212. The zero-order valence-electron chi connectivity index (χ0n) is 11.4. The van der Waals surface area contributed by atoms with Crippen LogP contribution in [0, 0.1) is 0 Å². The average Bonchev–Trinajstić information content (AvgIpc) is 2.70. The van der Waals surface area contributed by atoms with E-state index in [-0.39, 0.29) is 5.56 Å². The highest BCUT2D eigenvalue weighted by molar-refractivity contribution is 6.31. The van der Waals surface area contributed by atoms with Gasteiger partial charge in [-0.1, -0.05) is 11.6 Å². The normalized spacial score (nSPS) is 13.4. The number of halogens is 4. The van der Waals surface area contributed by atoms with Crippen molar-refractivity contribution in [2.45, 2.75) is 18.5 Å². The monoisotopic (exact) mass is 319 g/mol. The Labute approximate surface area is 124 Å². The molecule has 2 rings (SSSR count). The van der Waals surface area contributed by atoms with Gasteiger partial charge in [-0.3, -0.25) is 4.79 Å². The van der Waals surface area contributed by atoms with Crippen LogP contribution in [0.1, 0.15) is 17.9 Å². The van der Waals surface area contributed by atoms with E-state index < -0.39 is 24.5 Å². The Morgan fingerprint density at radius 3 is 2.67 bits per heavy atom. The Balaban J connectivity index is 2.59. The summed E-state index contributed by atoms with van der Waals surface area (Å²) in [6.45, 7) is 0. The van der Waals surface area contributed by atoms with Gasteiger partial charge in [-0.25, -0.2) is 0 Å². The first-order valence-electron chi connectivity index (χ1n) is 6.12. The van der Waals surface area contributed by atoms with Gasteiger partial charge in [-0.05, 0) is 23.8 Å². The summed E-state index contributed by atoms with van der Waals surface area (Å²) in [6.07, 6.45) is -3.93. The second-order valence-corrected chi connectivity index (χ2v) is 5.17. The predicted octanol–water partition coefficient (Wildman–Crippen LogP) is 4.04. The van der Waals surface area contributed by atoms with E-state index in [9.17, 15) is 18.0 Å². The van der Waals surface area contributed by atoms with E-state index in [1.165, 1.54) is 12.3 Å². The summed E-state index contributed by atoms with van der Waals surface area (Å²) in [5.74, 6) is -2.83. The minimum Gasteiger partial charge on any atom is -0.469 e. The molecule has 21 heavy (non-hydrogen) atoms. The number of aromatic nitrogens is 1. The van der Waals surface area contributed by atoms with Crippen LogP contribution in [0.2, 0.25) is 5.02 Å². The Bertz CT molecular complexity index is 679. The number of carbonyl (C=O) groups is 1. The lowest BCUT2D eigenvalue weighted by atomic mass is 9.94. The van der Waals surface area contributed by atoms with Gasteiger partial charge in [-0.2, -0.15) is 13.2 Å². The molecule has 0 spiro atoms. The smallest absolute Gasteiger partial charge is 0.396 e. The van der Waals surface area contributed by atoms with E-state index in [2.05, 4.69) is 4.74 Å². The lowest BCUT2D eigenvalue weighted by Gasteiger charge is -2.18. The van der Waals surface area contributed by atoms with Crippen molar-refractivity contribution >= 4 is 28.5 Å². The Morgan fingerprint density at radius 1 is 1.43 bits per heavy atom. The van der Waals surface area contributed by atoms with Crippen molar-refractivity contribution in [2.24, 2.45) is 7.05 Å². The zero-order valence-corrected chi connectivity index (χ0v) is 12.1. The summed E-state index contributed by atoms with van der Waals surface area (Å²) in [7, 11) is 2.71. The van der Waals surface area contributed by atoms with E-state index in [1.807, 2.05) is 0 Å². The van der Waals surface area contributed by atoms with Crippen molar-refractivity contribution in [1.29, 1.82) is 0 Å². The van der Waals surface area contributed by atoms with Crippen molar-refractivity contribution in [3.63, 3.8) is 0 Å². The first kappa shape index (κ1) is 15.7. The molecular weight excluding hydrogens is 307 g/mol. The van der Waals surface area contributed by atoms with E-state index in [1.54, 1.807) is 23.7 Å². The number of rotatable bonds is 3. The van der Waals surface area contributed by atoms with Crippen LogP contribution in [0.4, 0.5) is 13.2 Å². The molecule has 0 bridgehead atoms. The number of aryl methyl sites for hydroxylation is 1. The fourth-order valence-electron chi connectivity index (χ4n) is 2.32. The van der Waals surface area contributed by atoms with Gasteiger partial charge in [0.05, 0.1) is 19.4 Å². The summed E-state index contributed by atoms with van der Waals surface area (Å²) in [5.41, 5.74) is 0.640. The molecule has 0 unspecified atom stereocenters. The minimum atomic E-state index is -4.55. The highest BCUT2D eigenvalue weighted by atomic mass is 35.5. The van der Waals surface area contributed by atoms with Crippen LogP contribution in [0.3, 0.4) is 0 Å². The van der Waals surface area contributed by atoms with Crippen LogP contribution in [-0.4, -0.2) is 23.8 Å². The number of ether oxygens (including phenoxy) is 1. The SMILES string of the molecule is COC(=O)C[C@@H](c1cn(C)c2ccc(Cl)cc12)C(F)(F)F. The first-order chi connectivity index (χ1) is 9.74. The van der Waals surface area contributed by atoms with Gasteiger partial charge >= 0.3 is 12.1 Å². The number of nitrogens with zero attached hydrogens (tertiary/aromatic N) is 1. The van der Waals surface area contributed by atoms with Crippen molar-refractivity contribution in [2.75, 3.05) is 7.11 Å². The molecule has 1 aromatic heterocycles. The third-order valence-electron chi connectivity index (χ3n) is 3.35. The second kappa shape index (κ2) is 5.60. The van der Waals surface area contributed by atoms with Crippen LogP contribution >= 0.6 is 11.6 Å². The van der Waals surface area contributed by atoms with Crippen LogP contribution < -0.4 is 0 Å². The maximum absolute atomic E-state index is 13.3. The van der Waals surface area contributed by atoms with Crippen LogP contribution in [0.15, 0.2) is 24.4 Å². The molecule has 0 radical (unpaired) electrons. The number of carbonyl (C=O) groups excluding carboxylic acids is 1. The second-order valence-electron chi connectivity index (χ2n) is 4.73. The van der Waals surface area contributed by atoms with Crippen molar-refractivity contribution < 1.29 is 22.7 Å². The third-order valence-corrected chi connectivity index (χ3v) is 3.59. The van der Waals surface area contributed by atoms with E-state index in [0.717, 1.165) is 7.11 Å². The molecule has 0 N–H and O–H groups in total. The molecular formula is C14H13ClF3NO2. The molecule has 0 aliphatic rings. The molecule has 1 atom stereocenters. The highest BCUT2D eigenvalue weighted by Gasteiger charge is 2.43. The first-order valence-corrected chi connectivity index (χ1v) is 6.50. The standard InChI is InChI=1S/C14H13ClF3NO2/c1-19-7-10(9-5-8(15)3-4-12(9)19)11(14(16,17)18)6-13(20)21-2/h3-5,7,11H,6H2,1-2H3/t11-/m0/s1. The van der Waals surface area contributed by atoms with Crippen LogP contribution in [0.5, 0.6) is 0 Å². The number of fused-ring (bicyclic) bond motifs is 1. The number of methoxy groups -OCH3 is 1. The Hall–Kier alpha value is -1.69. The largest absolute Gasteiger partial charge is 0.469 e. The molecule has 0 aliphatic carbocycles. The molecule has 1 aromatic carbocycles. The topological polar surface area (TPSA) is 31.2 Å². The van der Waals surface area contributed by atoms with Gasteiger partial charge in [0.2, 0.25) is 0 Å². The van der Waals surface area contributed by atoms with E-state index >= 15 is 0 Å². The number of hydrogen-bond acceptors (Lipinski definition) is 2. The van der Waals surface area contributed by atoms with Gasteiger partial charge in [0.25, 0.3) is 0 Å². The zero-order chi connectivity index (χ0) is 15.8. The number of hydrogen-bond donors (Lipinski definition) is 0. The predicted molar refractivity (Wildman–Crippen MR) is 73.4 cm³/mol. The molecule has 0 fully saturated rings. The highest BCUT2D eigenvalue weighted by Crippen LogP contribution is 2.41. The molecule has 2 aromatic rings. The molecule has 1 heterocycles. The fourth-order valence-corrected chi connectivity index (χ4v) is 2.50. The molecule has 3 nitrogen and oxygen atoms in total. The maximum atomic E-state index is 13.3. The molecule has 114 valence electrons. The summed E-state index contributed by atoms with van der Waals surface area (Å²) in [4.78, 5) is 11.3. The summed E-state index contributed by atoms with van der Waals surface area (Å²) in [6, 6.07) is 4.73. The van der Waals surface area contributed by atoms with Gasteiger partial charge in [-0.15, -0.1) is 0 Å². The molecule has 0 aliphatic heterocycles. The van der Waals surface area contributed by atoms with Crippen molar-refractivity contribution in [3.05, 3.63) is 35.0 Å². The Morgan fingerprint density at radius 2 is 2.10 bits per heavy atom. The van der Waals surface area contributed by atoms with Crippen LogP contribution in [-0.2, 0) is 16.6 Å². The number of benzene rings is 1. The summed E-state index contributed by atoms with van der Waals surface area (Å²) < 4.78 is 45.8. The maximum Gasteiger partial charge on any atom is 0.396 e. The lowest BCUT2D eigenvalue weighted by molar-refractivity contribution is -0.164. The summed E-state index contributed by atoms with van der Waals surface area (Å²) in [5, 5.41) is 0.727. The molecule has 7 heteroatoms. The van der Waals surface area contributed by atoms with Gasteiger partial charge < -0.3 is 9.30 Å². The van der Waals surface area contributed by atoms with E-state index in [4.69, 9.17) is 11.6 Å². The van der Waals surface area contributed by atoms with Gasteiger partial charge in [0.15, 0.2) is 0 Å². The summed E-state index contributed by atoms with van der Waals surface area (Å²) >= 11 is 5.87. The number of esters is 1. The van der Waals surface area contributed by atoms with Gasteiger partial charge in [0.1, 0.15) is 0 Å². The molecule has 0 saturated heterocycles. The fraction of sp³-hybridized carbons (Fsp3) is 0.357. The quantitative estimate of drug-likeness (QED) is 0.799. The van der Waals surface area contributed by atoms with Crippen LogP contribution in [0.25, 0.3) is 10.9 Å². The van der Waals surface area contributed by atoms with Crippen molar-refractivity contribution in [3.8, 4) is 0 Å². The average molecular weight is 320 g/mol. The van der Waals surface area contributed by atoms with E-state index in [0.29, 0.717) is 15.9 Å². The third kappa shape index (κ3) is 3.15. The molecule has 0 saturated carbocycles. The van der Waals surface area contributed by atoms with Crippen molar-refractivity contribution in [1.82, 2.24) is 4.57 Å². The lowest BCUT2D eigenvalue weighted by Crippen LogP contribution is -2.24. The Kier molecular flexibility index (Phi) is 4.18. The van der Waals surface area contributed by atoms with Gasteiger partial charge in [0, 0.05) is 29.2 Å².